The Morgan fingerprint density at radius 2 is 1.56 bits per heavy atom. The highest BCUT2D eigenvalue weighted by atomic mass is 16.5. The Kier molecular flexibility index (Phi) is 7.49. The van der Waals surface area contributed by atoms with E-state index in [0.29, 0.717) is 23.8 Å². The second-order valence-electron chi connectivity index (χ2n) is 5.65. The van der Waals surface area contributed by atoms with Crippen LogP contribution in [-0.2, 0) is 27.3 Å². The zero-order chi connectivity index (χ0) is 19.6. The van der Waals surface area contributed by atoms with E-state index >= 15 is 0 Å². The van der Waals surface area contributed by atoms with E-state index in [2.05, 4.69) is 10.1 Å². The highest BCUT2D eigenvalue weighted by Gasteiger charge is 2.07. The fourth-order valence-electron chi connectivity index (χ4n) is 2.33. The summed E-state index contributed by atoms with van der Waals surface area (Å²) >= 11 is 0. The molecule has 0 heterocycles. The average Bonchev–Trinajstić information content (AvgIpc) is 2.71. The van der Waals surface area contributed by atoms with Gasteiger partial charge in [0.25, 0.3) is 5.91 Å². The second kappa shape index (κ2) is 10.1. The molecule has 0 bridgehead atoms. The number of ether oxygens (including phenoxy) is 4. The van der Waals surface area contributed by atoms with Crippen LogP contribution in [0.4, 0.5) is 0 Å². The Hall–Kier alpha value is -3.22. The van der Waals surface area contributed by atoms with E-state index in [1.165, 1.54) is 7.11 Å². The van der Waals surface area contributed by atoms with Gasteiger partial charge < -0.3 is 24.3 Å². The van der Waals surface area contributed by atoms with Crippen LogP contribution in [0.25, 0.3) is 0 Å². The van der Waals surface area contributed by atoms with E-state index in [9.17, 15) is 9.59 Å². The van der Waals surface area contributed by atoms with Gasteiger partial charge in [-0.25, -0.2) is 0 Å². The lowest BCUT2D eigenvalue weighted by atomic mass is 10.1. The van der Waals surface area contributed by atoms with Gasteiger partial charge in [-0.3, -0.25) is 9.59 Å². The molecule has 0 aliphatic heterocycles. The Morgan fingerprint density at radius 1 is 0.889 bits per heavy atom. The lowest BCUT2D eigenvalue weighted by Gasteiger charge is -2.11. The predicted molar refractivity (Wildman–Crippen MR) is 99.0 cm³/mol. The highest BCUT2D eigenvalue weighted by Crippen LogP contribution is 2.27. The first-order chi connectivity index (χ1) is 13.0. The predicted octanol–water partition coefficient (Wildman–Crippen LogP) is 2.11. The first-order valence-corrected chi connectivity index (χ1v) is 8.32. The third kappa shape index (κ3) is 6.22. The van der Waals surface area contributed by atoms with Crippen molar-refractivity contribution in [2.75, 3.05) is 27.9 Å². The standard InChI is InChI=1S/C20H23NO6/c1-24-17-9-6-15(10-18(17)25-2)12-21-19(22)13-27-16-7-4-14(5-8-16)11-20(23)26-3/h4-10H,11-13H2,1-3H3,(H,21,22). The average molecular weight is 373 g/mol. The van der Waals surface area contributed by atoms with Gasteiger partial charge in [-0.05, 0) is 35.4 Å². The number of carbonyl (C=O) groups excluding carboxylic acids is 2. The van der Waals surface area contributed by atoms with Crippen molar-refractivity contribution in [1.82, 2.24) is 5.32 Å². The number of amides is 1. The second-order valence-corrected chi connectivity index (χ2v) is 5.65. The maximum Gasteiger partial charge on any atom is 0.309 e. The molecule has 0 saturated heterocycles. The summed E-state index contributed by atoms with van der Waals surface area (Å²) in [6.07, 6.45) is 0.197. The summed E-state index contributed by atoms with van der Waals surface area (Å²) in [4.78, 5) is 23.2. The minimum atomic E-state index is -0.307. The molecule has 0 aliphatic rings. The minimum Gasteiger partial charge on any atom is -0.493 e. The monoisotopic (exact) mass is 373 g/mol. The molecule has 0 aromatic heterocycles. The third-order valence-corrected chi connectivity index (χ3v) is 3.81. The smallest absolute Gasteiger partial charge is 0.309 e. The zero-order valence-corrected chi connectivity index (χ0v) is 15.6. The number of hydrogen-bond acceptors (Lipinski definition) is 6. The van der Waals surface area contributed by atoms with Gasteiger partial charge in [0.1, 0.15) is 5.75 Å². The summed E-state index contributed by atoms with van der Waals surface area (Å²) < 4.78 is 20.5. The minimum absolute atomic E-state index is 0.108. The first-order valence-electron chi connectivity index (χ1n) is 8.32. The van der Waals surface area contributed by atoms with E-state index in [4.69, 9.17) is 14.2 Å². The van der Waals surface area contributed by atoms with Crippen LogP contribution >= 0.6 is 0 Å². The van der Waals surface area contributed by atoms with Crippen LogP contribution in [0.1, 0.15) is 11.1 Å². The Morgan fingerprint density at radius 3 is 2.19 bits per heavy atom. The Labute approximate surface area is 158 Å². The van der Waals surface area contributed by atoms with Crippen LogP contribution in [-0.4, -0.2) is 39.8 Å². The lowest BCUT2D eigenvalue weighted by Crippen LogP contribution is -2.28. The van der Waals surface area contributed by atoms with Crippen molar-refractivity contribution >= 4 is 11.9 Å². The van der Waals surface area contributed by atoms with Crippen LogP contribution in [0.15, 0.2) is 42.5 Å². The molecule has 0 fully saturated rings. The van der Waals surface area contributed by atoms with Gasteiger partial charge in [0.15, 0.2) is 18.1 Å². The molecule has 0 saturated carbocycles. The molecule has 144 valence electrons. The van der Waals surface area contributed by atoms with Crippen LogP contribution in [0, 0.1) is 0 Å². The summed E-state index contributed by atoms with van der Waals surface area (Å²) in [6.45, 7) is 0.240. The largest absolute Gasteiger partial charge is 0.493 e. The summed E-state index contributed by atoms with van der Waals surface area (Å²) in [7, 11) is 4.48. The van der Waals surface area contributed by atoms with Gasteiger partial charge in [0.05, 0.1) is 27.8 Å². The van der Waals surface area contributed by atoms with Gasteiger partial charge >= 0.3 is 5.97 Å². The van der Waals surface area contributed by atoms with Crippen LogP contribution in [0.2, 0.25) is 0 Å². The first kappa shape index (κ1) is 20.1. The fourth-order valence-corrected chi connectivity index (χ4v) is 2.33. The molecule has 0 aliphatic carbocycles. The summed E-state index contributed by atoms with van der Waals surface area (Å²) in [6, 6.07) is 12.4. The summed E-state index contributed by atoms with van der Waals surface area (Å²) in [5.74, 6) is 1.23. The molecule has 2 aromatic carbocycles. The molecule has 2 rings (SSSR count). The molecule has 1 N–H and O–H groups in total. The van der Waals surface area contributed by atoms with E-state index < -0.39 is 0 Å². The molecule has 7 nitrogen and oxygen atoms in total. The Balaban J connectivity index is 1.80. The number of hydrogen-bond donors (Lipinski definition) is 1. The topological polar surface area (TPSA) is 83.1 Å². The number of rotatable bonds is 9. The molecule has 0 atom stereocenters. The SMILES string of the molecule is COC(=O)Cc1ccc(OCC(=O)NCc2ccc(OC)c(OC)c2)cc1. The normalized spacial score (nSPS) is 10.0. The number of benzene rings is 2. The number of esters is 1. The van der Waals surface area contributed by atoms with E-state index in [0.717, 1.165) is 11.1 Å². The fraction of sp³-hybridized carbons (Fsp3) is 0.300. The number of carbonyl (C=O) groups is 2. The molecule has 2 aromatic rings. The van der Waals surface area contributed by atoms with Gasteiger partial charge in [-0.2, -0.15) is 0 Å². The van der Waals surface area contributed by atoms with Crippen LogP contribution < -0.4 is 19.5 Å². The van der Waals surface area contributed by atoms with Crippen molar-refractivity contribution in [3.05, 3.63) is 53.6 Å². The Bertz CT molecular complexity index is 773. The van der Waals surface area contributed by atoms with Gasteiger partial charge in [0.2, 0.25) is 0 Å². The van der Waals surface area contributed by atoms with Crippen molar-refractivity contribution in [2.45, 2.75) is 13.0 Å². The lowest BCUT2D eigenvalue weighted by molar-refractivity contribution is -0.139. The van der Waals surface area contributed by atoms with Gasteiger partial charge in [0, 0.05) is 6.54 Å². The molecular formula is C20H23NO6. The van der Waals surface area contributed by atoms with E-state index in [1.54, 1.807) is 50.6 Å². The summed E-state index contributed by atoms with van der Waals surface area (Å²) in [5.41, 5.74) is 1.69. The maximum absolute atomic E-state index is 12.0. The number of methoxy groups -OCH3 is 3. The van der Waals surface area contributed by atoms with Crippen molar-refractivity contribution < 1.29 is 28.5 Å². The van der Waals surface area contributed by atoms with Crippen LogP contribution in [0.3, 0.4) is 0 Å². The molecule has 0 radical (unpaired) electrons. The van der Waals surface area contributed by atoms with Crippen molar-refractivity contribution in [2.24, 2.45) is 0 Å². The quantitative estimate of drug-likeness (QED) is 0.678. The maximum atomic E-state index is 12.0. The molecule has 0 unspecified atom stereocenters. The third-order valence-electron chi connectivity index (χ3n) is 3.81. The van der Waals surface area contributed by atoms with Crippen molar-refractivity contribution in [3.63, 3.8) is 0 Å². The molecule has 0 spiro atoms. The summed E-state index contributed by atoms with van der Waals surface area (Å²) in [5, 5.41) is 2.78. The molecule has 7 heteroatoms. The van der Waals surface area contributed by atoms with E-state index in [-0.39, 0.29) is 24.9 Å². The zero-order valence-electron chi connectivity index (χ0n) is 15.6. The highest BCUT2D eigenvalue weighted by molar-refractivity contribution is 5.77. The van der Waals surface area contributed by atoms with Crippen LogP contribution in [0.5, 0.6) is 17.2 Å². The van der Waals surface area contributed by atoms with Crippen molar-refractivity contribution in [3.8, 4) is 17.2 Å². The molecule has 27 heavy (non-hydrogen) atoms. The van der Waals surface area contributed by atoms with Gasteiger partial charge in [-0.15, -0.1) is 0 Å². The van der Waals surface area contributed by atoms with Gasteiger partial charge in [-0.1, -0.05) is 18.2 Å². The van der Waals surface area contributed by atoms with Crippen molar-refractivity contribution in [1.29, 1.82) is 0 Å². The number of nitrogens with one attached hydrogen (secondary N) is 1. The molecular weight excluding hydrogens is 350 g/mol. The molecule has 1 amide bonds. The van der Waals surface area contributed by atoms with E-state index in [1.807, 2.05) is 6.07 Å².